The number of benzene rings is 1. The van der Waals surface area contributed by atoms with Gasteiger partial charge >= 0.3 is 0 Å². The normalized spacial score (nSPS) is 12.2. The van der Waals surface area contributed by atoms with Crippen molar-refractivity contribution in [3.63, 3.8) is 0 Å². The fourth-order valence-electron chi connectivity index (χ4n) is 1.79. The second-order valence-electron chi connectivity index (χ2n) is 5.24. The van der Waals surface area contributed by atoms with Gasteiger partial charge in [-0.05, 0) is 33.8 Å². The first-order valence-corrected chi connectivity index (χ1v) is 5.69. The van der Waals surface area contributed by atoms with E-state index in [4.69, 9.17) is 4.42 Å². The quantitative estimate of drug-likeness (QED) is 0.831. The number of rotatable bonds is 2. The summed E-state index contributed by atoms with van der Waals surface area (Å²) in [4.78, 5) is 0. The highest BCUT2D eigenvalue weighted by atomic mass is 16.3. The van der Waals surface area contributed by atoms with Crippen LogP contribution in [0.4, 0.5) is 0 Å². The Hall–Kier alpha value is -1.28. The first-order valence-electron chi connectivity index (χ1n) is 5.69. The SMILES string of the molecule is Cc1oc2ccccc2c1CNC(C)(C)C. The second-order valence-corrected chi connectivity index (χ2v) is 5.24. The summed E-state index contributed by atoms with van der Waals surface area (Å²) in [5.41, 5.74) is 2.38. The Morgan fingerprint density at radius 1 is 1.19 bits per heavy atom. The van der Waals surface area contributed by atoms with E-state index in [0.717, 1.165) is 17.9 Å². The molecular formula is C14H19NO. The van der Waals surface area contributed by atoms with Crippen molar-refractivity contribution in [2.24, 2.45) is 0 Å². The molecule has 2 nitrogen and oxygen atoms in total. The summed E-state index contributed by atoms with van der Waals surface area (Å²) in [7, 11) is 0. The molecule has 1 heterocycles. The minimum absolute atomic E-state index is 0.130. The standard InChI is InChI=1S/C14H19NO/c1-10-12(9-15-14(2,3)4)11-7-5-6-8-13(11)16-10/h5-8,15H,9H2,1-4H3. The summed E-state index contributed by atoms with van der Waals surface area (Å²) >= 11 is 0. The molecule has 2 aromatic rings. The predicted molar refractivity (Wildman–Crippen MR) is 67.5 cm³/mol. The van der Waals surface area contributed by atoms with E-state index in [0.29, 0.717) is 0 Å². The molecule has 16 heavy (non-hydrogen) atoms. The Balaban J connectivity index is 2.33. The third kappa shape index (κ3) is 2.27. The van der Waals surface area contributed by atoms with Crippen molar-refractivity contribution in [3.8, 4) is 0 Å². The molecule has 0 saturated heterocycles. The zero-order valence-electron chi connectivity index (χ0n) is 10.4. The van der Waals surface area contributed by atoms with Crippen molar-refractivity contribution in [1.29, 1.82) is 0 Å². The third-order valence-electron chi connectivity index (χ3n) is 2.70. The van der Waals surface area contributed by atoms with Crippen LogP contribution in [0.2, 0.25) is 0 Å². The number of furan rings is 1. The van der Waals surface area contributed by atoms with E-state index in [1.54, 1.807) is 0 Å². The van der Waals surface area contributed by atoms with Gasteiger partial charge < -0.3 is 9.73 Å². The molecule has 0 unspecified atom stereocenters. The Morgan fingerprint density at radius 2 is 1.88 bits per heavy atom. The zero-order chi connectivity index (χ0) is 11.8. The first-order chi connectivity index (χ1) is 7.47. The van der Waals surface area contributed by atoms with Gasteiger partial charge in [-0.15, -0.1) is 0 Å². The molecule has 1 aromatic heterocycles. The van der Waals surface area contributed by atoms with Crippen molar-refractivity contribution in [2.45, 2.75) is 39.8 Å². The highest BCUT2D eigenvalue weighted by Crippen LogP contribution is 2.25. The van der Waals surface area contributed by atoms with Gasteiger partial charge in [-0.1, -0.05) is 18.2 Å². The van der Waals surface area contributed by atoms with Crippen molar-refractivity contribution in [2.75, 3.05) is 0 Å². The molecule has 86 valence electrons. The van der Waals surface area contributed by atoms with Crippen LogP contribution in [0.5, 0.6) is 0 Å². The number of hydrogen-bond acceptors (Lipinski definition) is 2. The number of para-hydroxylation sites is 1. The lowest BCUT2D eigenvalue weighted by Crippen LogP contribution is -2.35. The van der Waals surface area contributed by atoms with E-state index in [-0.39, 0.29) is 5.54 Å². The number of aryl methyl sites for hydroxylation is 1. The van der Waals surface area contributed by atoms with Gasteiger partial charge in [-0.2, -0.15) is 0 Å². The summed E-state index contributed by atoms with van der Waals surface area (Å²) < 4.78 is 5.72. The lowest BCUT2D eigenvalue weighted by atomic mass is 10.1. The van der Waals surface area contributed by atoms with Gasteiger partial charge in [-0.25, -0.2) is 0 Å². The van der Waals surface area contributed by atoms with Crippen molar-refractivity contribution in [1.82, 2.24) is 5.32 Å². The second kappa shape index (κ2) is 3.95. The summed E-state index contributed by atoms with van der Waals surface area (Å²) in [5.74, 6) is 1.01. The fourth-order valence-corrected chi connectivity index (χ4v) is 1.79. The van der Waals surface area contributed by atoms with Crippen molar-refractivity contribution < 1.29 is 4.42 Å². The molecule has 0 bridgehead atoms. The van der Waals surface area contributed by atoms with Crippen LogP contribution in [0.25, 0.3) is 11.0 Å². The smallest absolute Gasteiger partial charge is 0.134 e. The Labute approximate surface area is 96.6 Å². The molecule has 0 atom stereocenters. The van der Waals surface area contributed by atoms with Crippen LogP contribution in [0, 0.1) is 6.92 Å². The van der Waals surface area contributed by atoms with E-state index in [9.17, 15) is 0 Å². The minimum atomic E-state index is 0.130. The molecule has 0 radical (unpaired) electrons. The maximum Gasteiger partial charge on any atom is 0.134 e. The molecule has 0 saturated carbocycles. The molecule has 0 aliphatic heterocycles. The molecule has 1 N–H and O–H groups in total. The van der Waals surface area contributed by atoms with Crippen molar-refractivity contribution in [3.05, 3.63) is 35.6 Å². The highest BCUT2D eigenvalue weighted by molar-refractivity contribution is 5.82. The first kappa shape index (κ1) is 11.2. The average molecular weight is 217 g/mol. The van der Waals surface area contributed by atoms with Crippen LogP contribution in [-0.2, 0) is 6.54 Å². The highest BCUT2D eigenvalue weighted by Gasteiger charge is 2.13. The van der Waals surface area contributed by atoms with Crippen LogP contribution in [-0.4, -0.2) is 5.54 Å². The Kier molecular flexibility index (Phi) is 2.76. The fraction of sp³-hybridized carbons (Fsp3) is 0.429. The maximum absolute atomic E-state index is 5.72. The van der Waals surface area contributed by atoms with Crippen LogP contribution in [0.15, 0.2) is 28.7 Å². The van der Waals surface area contributed by atoms with Gasteiger partial charge in [0.2, 0.25) is 0 Å². The number of nitrogens with one attached hydrogen (secondary N) is 1. The Bertz CT molecular complexity index is 491. The Morgan fingerprint density at radius 3 is 2.56 bits per heavy atom. The monoisotopic (exact) mass is 217 g/mol. The van der Waals surface area contributed by atoms with E-state index in [2.05, 4.69) is 38.2 Å². The molecule has 0 fully saturated rings. The van der Waals surface area contributed by atoms with Crippen LogP contribution >= 0.6 is 0 Å². The third-order valence-corrected chi connectivity index (χ3v) is 2.70. The molecular weight excluding hydrogens is 198 g/mol. The molecule has 0 aliphatic carbocycles. The molecule has 2 rings (SSSR count). The van der Waals surface area contributed by atoms with Gasteiger partial charge in [0.15, 0.2) is 0 Å². The molecule has 0 spiro atoms. The van der Waals surface area contributed by atoms with Gasteiger partial charge in [0.05, 0.1) is 0 Å². The molecule has 0 aliphatic rings. The largest absolute Gasteiger partial charge is 0.461 e. The van der Waals surface area contributed by atoms with E-state index in [1.807, 2.05) is 19.1 Å². The van der Waals surface area contributed by atoms with Gasteiger partial charge in [0, 0.05) is 23.0 Å². The van der Waals surface area contributed by atoms with Crippen molar-refractivity contribution >= 4 is 11.0 Å². The van der Waals surface area contributed by atoms with Crippen LogP contribution < -0.4 is 5.32 Å². The lowest BCUT2D eigenvalue weighted by Gasteiger charge is -2.20. The minimum Gasteiger partial charge on any atom is -0.461 e. The van der Waals surface area contributed by atoms with Gasteiger partial charge in [-0.3, -0.25) is 0 Å². The number of hydrogen-bond donors (Lipinski definition) is 1. The van der Waals surface area contributed by atoms with E-state index in [1.165, 1.54) is 10.9 Å². The summed E-state index contributed by atoms with van der Waals surface area (Å²) in [6.45, 7) is 9.39. The van der Waals surface area contributed by atoms with Crippen LogP contribution in [0.3, 0.4) is 0 Å². The van der Waals surface area contributed by atoms with E-state index < -0.39 is 0 Å². The molecule has 0 amide bonds. The van der Waals surface area contributed by atoms with Gasteiger partial charge in [0.1, 0.15) is 11.3 Å². The van der Waals surface area contributed by atoms with Crippen LogP contribution in [0.1, 0.15) is 32.1 Å². The predicted octanol–water partition coefficient (Wildman–Crippen LogP) is 3.63. The molecule has 1 aromatic carbocycles. The zero-order valence-corrected chi connectivity index (χ0v) is 10.4. The molecule has 2 heteroatoms. The topological polar surface area (TPSA) is 25.2 Å². The maximum atomic E-state index is 5.72. The average Bonchev–Trinajstić information content (AvgIpc) is 2.49. The van der Waals surface area contributed by atoms with Gasteiger partial charge in [0.25, 0.3) is 0 Å². The summed E-state index contributed by atoms with van der Waals surface area (Å²) in [5, 5.41) is 4.72. The van der Waals surface area contributed by atoms with E-state index >= 15 is 0 Å². The summed E-state index contributed by atoms with van der Waals surface area (Å²) in [6.07, 6.45) is 0. The lowest BCUT2D eigenvalue weighted by molar-refractivity contribution is 0.422. The summed E-state index contributed by atoms with van der Waals surface area (Å²) in [6, 6.07) is 8.19. The number of fused-ring (bicyclic) bond motifs is 1.